The van der Waals surface area contributed by atoms with E-state index in [1.807, 2.05) is 18.2 Å². The summed E-state index contributed by atoms with van der Waals surface area (Å²) in [5.74, 6) is 0.533. The third-order valence-corrected chi connectivity index (χ3v) is 7.94. The van der Waals surface area contributed by atoms with Gasteiger partial charge in [-0.25, -0.2) is 13.4 Å². The minimum Gasteiger partial charge on any atom is -0.455 e. The second-order valence-corrected chi connectivity index (χ2v) is 9.98. The number of rotatable bonds is 8. The molecular formula is C24H23N3O4S2. The van der Waals surface area contributed by atoms with Crippen LogP contribution in [0.15, 0.2) is 77.1 Å². The lowest BCUT2D eigenvalue weighted by Gasteiger charge is -2.20. The van der Waals surface area contributed by atoms with Crippen LogP contribution in [0.5, 0.6) is 11.5 Å². The molecule has 1 heterocycles. The number of para-hydroxylation sites is 1. The average Bonchev–Trinajstić information content (AvgIpc) is 3.29. The van der Waals surface area contributed by atoms with Gasteiger partial charge in [0.25, 0.3) is 5.91 Å². The van der Waals surface area contributed by atoms with Gasteiger partial charge in [0.2, 0.25) is 10.0 Å². The number of nitrogens with zero attached hydrogens (tertiary/aromatic N) is 2. The molecule has 1 N–H and O–H groups in total. The largest absolute Gasteiger partial charge is 0.455 e. The van der Waals surface area contributed by atoms with Crippen LogP contribution in [0, 0.1) is 0 Å². The van der Waals surface area contributed by atoms with E-state index < -0.39 is 10.0 Å². The first-order chi connectivity index (χ1) is 15.9. The Hall–Kier alpha value is -3.27. The molecule has 0 atom stereocenters. The van der Waals surface area contributed by atoms with Crippen molar-refractivity contribution in [1.82, 2.24) is 9.29 Å². The van der Waals surface area contributed by atoms with Crippen molar-refractivity contribution >= 4 is 43.2 Å². The molecule has 0 aliphatic carbocycles. The fraction of sp³-hybridized carbons (Fsp3) is 0.167. The van der Waals surface area contributed by atoms with Crippen molar-refractivity contribution in [3.05, 3.63) is 77.8 Å². The average molecular weight is 482 g/mol. The van der Waals surface area contributed by atoms with Crippen LogP contribution in [-0.4, -0.2) is 36.7 Å². The van der Waals surface area contributed by atoms with Gasteiger partial charge in [-0.05, 0) is 48.5 Å². The predicted molar refractivity (Wildman–Crippen MR) is 131 cm³/mol. The molecule has 170 valence electrons. The molecule has 0 saturated carbocycles. The summed E-state index contributed by atoms with van der Waals surface area (Å²) in [5, 5.41) is 2.83. The minimum atomic E-state index is -3.72. The number of anilines is 1. The van der Waals surface area contributed by atoms with Crippen LogP contribution in [0.2, 0.25) is 0 Å². The van der Waals surface area contributed by atoms with Gasteiger partial charge in [-0.1, -0.05) is 32.0 Å². The lowest BCUT2D eigenvalue weighted by atomic mass is 10.2. The van der Waals surface area contributed by atoms with E-state index in [1.165, 1.54) is 27.8 Å². The zero-order valence-corrected chi connectivity index (χ0v) is 19.8. The van der Waals surface area contributed by atoms with Crippen molar-refractivity contribution in [2.75, 3.05) is 18.4 Å². The molecule has 0 saturated heterocycles. The highest BCUT2D eigenvalue weighted by Gasteiger charge is 2.24. The number of aromatic nitrogens is 1. The van der Waals surface area contributed by atoms with Crippen LogP contribution in [0.25, 0.3) is 10.2 Å². The first kappa shape index (κ1) is 22.9. The molecule has 0 aliphatic rings. The van der Waals surface area contributed by atoms with Crippen molar-refractivity contribution in [3.63, 3.8) is 0 Å². The number of hydrogen-bond donors (Lipinski definition) is 1. The zero-order chi connectivity index (χ0) is 23.4. The summed E-state index contributed by atoms with van der Waals surface area (Å²) in [7, 11) is -3.72. The Labute approximate surface area is 196 Å². The summed E-state index contributed by atoms with van der Waals surface area (Å²) in [6, 6.07) is 18.8. The van der Waals surface area contributed by atoms with Crippen LogP contribution in [0.4, 0.5) is 5.69 Å². The number of nitrogens with one attached hydrogen (secondary N) is 1. The molecule has 0 fully saturated rings. The highest BCUT2D eigenvalue weighted by Crippen LogP contribution is 2.33. The standard InChI is InChI=1S/C24H23N3O4S2/c1-3-27(4-2)33(29,30)19-11-13-22(31-18-8-6-5-7-9-18)21(15-19)26-24(28)17-10-12-20-23(14-17)32-16-25-20/h5-16H,3-4H2,1-2H3,(H,26,28). The molecule has 1 aromatic heterocycles. The highest BCUT2D eigenvalue weighted by molar-refractivity contribution is 7.89. The molecule has 33 heavy (non-hydrogen) atoms. The maximum Gasteiger partial charge on any atom is 0.255 e. The van der Waals surface area contributed by atoms with Crippen LogP contribution < -0.4 is 10.1 Å². The molecule has 0 radical (unpaired) electrons. The molecular weight excluding hydrogens is 458 g/mol. The van der Waals surface area contributed by atoms with Crippen molar-refractivity contribution in [1.29, 1.82) is 0 Å². The van der Waals surface area contributed by atoms with Gasteiger partial charge in [-0.2, -0.15) is 4.31 Å². The molecule has 0 unspecified atom stereocenters. The van der Waals surface area contributed by atoms with Gasteiger partial charge in [0.05, 0.1) is 26.3 Å². The van der Waals surface area contributed by atoms with Crippen molar-refractivity contribution in [3.8, 4) is 11.5 Å². The van der Waals surface area contributed by atoms with Gasteiger partial charge >= 0.3 is 0 Å². The van der Waals surface area contributed by atoms with Crippen molar-refractivity contribution < 1.29 is 17.9 Å². The maximum atomic E-state index is 13.1. The summed E-state index contributed by atoms with van der Waals surface area (Å²) in [6.07, 6.45) is 0. The quantitative estimate of drug-likeness (QED) is 0.365. The predicted octanol–water partition coefficient (Wildman–Crippen LogP) is 5.37. The molecule has 1 amide bonds. The zero-order valence-electron chi connectivity index (χ0n) is 18.2. The molecule has 0 aliphatic heterocycles. The maximum absolute atomic E-state index is 13.1. The van der Waals surface area contributed by atoms with Crippen molar-refractivity contribution in [2.24, 2.45) is 0 Å². The van der Waals surface area contributed by atoms with Gasteiger partial charge in [-0.3, -0.25) is 4.79 Å². The van der Waals surface area contributed by atoms with Gasteiger partial charge in [-0.15, -0.1) is 11.3 Å². The van der Waals surface area contributed by atoms with Gasteiger partial charge < -0.3 is 10.1 Å². The number of benzene rings is 3. The number of hydrogen-bond acceptors (Lipinski definition) is 6. The Kier molecular flexibility index (Phi) is 6.73. The SMILES string of the molecule is CCN(CC)S(=O)(=O)c1ccc(Oc2ccccc2)c(NC(=O)c2ccc3ncsc3c2)c1. The summed E-state index contributed by atoms with van der Waals surface area (Å²) < 4.78 is 34.3. The number of sulfonamides is 1. The Bertz CT molecular complexity index is 1380. The van der Waals surface area contributed by atoms with E-state index in [-0.39, 0.29) is 16.5 Å². The Morgan fingerprint density at radius 3 is 2.52 bits per heavy atom. The van der Waals surface area contributed by atoms with E-state index >= 15 is 0 Å². The van der Waals surface area contributed by atoms with Gasteiger partial charge in [0.15, 0.2) is 5.75 Å². The molecule has 0 spiro atoms. The second-order valence-electron chi connectivity index (χ2n) is 7.15. The van der Waals surface area contributed by atoms with Gasteiger partial charge in [0, 0.05) is 18.7 Å². The van der Waals surface area contributed by atoms with E-state index in [2.05, 4.69) is 10.3 Å². The molecule has 0 bridgehead atoms. The number of amides is 1. The Morgan fingerprint density at radius 2 is 1.79 bits per heavy atom. The Morgan fingerprint density at radius 1 is 1.03 bits per heavy atom. The van der Waals surface area contributed by atoms with E-state index in [0.717, 1.165) is 10.2 Å². The lowest BCUT2D eigenvalue weighted by molar-refractivity contribution is 0.102. The highest BCUT2D eigenvalue weighted by atomic mass is 32.2. The number of ether oxygens (including phenoxy) is 1. The fourth-order valence-corrected chi connectivity index (χ4v) is 5.58. The number of carbonyl (C=O) groups excluding carboxylic acids is 1. The third kappa shape index (κ3) is 4.90. The molecule has 3 aromatic carbocycles. The summed E-state index contributed by atoms with van der Waals surface area (Å²) >= 11 is 1.44. The van der Waals surface area contributed by atoms with E-state index in [9.17, 15) is 13.2 Å². The topological polar surface area (TPSA) is 88.6 Å². The Balaban J connectivity index is 1.72. The monoisotopic (exact) mass is 481 g/mol. The number of carbonyl (C=O) groups is 1. The first-order valence-electron chi connectivity index (χ1n) is 10.4. The summed E-state index contributed by atoms with van der Waals surface area (Å²) in [6.45, 7) is 4.26. The smallest absolute Gasteiger partial charge is 0.255 e. The van der Waals surface area contributed by atoms with E-state index in [0.29, 0.717) is 30.2 Å². The van der Waals surface area contributed by atoms with Crippen LogP contribution in [0.1, 0.15) is 24.2 Å². The second kappa shape index (κ2) is 9.70. The van der Waals surface area contributed by atoms with Crippen LogP contribution >= 0.6 is 11.3 Å². The third-order valence-electron chi connectivity index (χ3n) is 5.11. The first-order valence-corrected chi connectivity index (χ1v) is 12.8. The molecule has 7 nitrogen and oxygen atoms in total. The number of fused-ring (bicyclic) bond motifs is 1. The van der Waals surface area contributed by atoms with Crippen molar-refractivity contribution in [2.45, 2.75) is 18.7 Å². The summed E-state index contributed by atoms with van der Waals surface area (Å²) in [4.78, 5) is 17.4. The van der Waals surface area contributed by atoms with Crippen LogP contribution in [-0.2, 0) is 10.0 Å². The summed E-state index contributed by atoms with van der Waals surface area (Å²) in [5.41, 5.74) is 3.24. The fourth-order valence-electron chi connectivity index (χ4n) is 3.38. The van der Waals surface area contributed by atoms with E-state index in [1.54, 1.807) is 55.8 Å². The molecule has 4 rings (SSSR count). The number of thiazole rings is 1. The van der Waals surface area contributed by atoms with E-state index in [4.69, 9.17) is 4.74 Å². The molecule has 4 aromatic rings. The molecule has 9 heteroatoms. The normalized spacial score (nSPS) is 11.6. The minimum absolute atomic E-state index is 0.0832. The van der Waals surface area contributed by atoms with Gasteiger partial charge in [0.1, 0.15) is 5.75 Å². The van der Waals surface area contributed by atoms with Crippen LogP contribution in [0.3, 0.4) is 0 Å². The lowest BCUT2D eigenvalue weighted by Crippen LogP contribution is -2.30.